The fourth-order valence-electron chi connectivity index (χ4n) is 2.33. The Morgan fingerprint density at radius 3 is 2.52 bits per heavy atom. The van der Waals surface area contributed by atoms with Gasteiger partial charge in [0.2, 0.25) is 0 Å². The van der Waals surface area contributed by atoms with E-state index in [-0.39, 0.29) is 0 Å². The molecule has 0 aliphatic rings. The molecule has 3 rings (SSSR count). The number of rotatable bonds is 4. The van der Waals surface area contributed by atoms with Gasteiger partial charge in [-0.3, -0.25) is 0 Å². The minimum absolute atomic E-state index is 0.614. The van der Waals surface area contributed by atoms with E-state index in [2.05, 4.69) is 21.2 Å². The largest absolute Gasteiger partial charge is 0.493 e. The lowest BCUT2D eigenvalue weighted by molar-refractivity contribution is 0.356. The first-order valence-corrected chi connectivity index (χ1v) is 6.96. The number of hydrogen-bond donors (Lipinski definition) is 1. The number of nitrogens with one attached hydrogen (secondary N) is 1. The van der Waals surface area contributed by atoms with Crippen molar-refractivity contribution in [1.82, 2.24) is 9.97 Å². The normalized spacial score (nSPS) is 10.1. The lowest BCUT2D eigenvalue weighted by atomic mass is 10.1. The van der Waals surface area contributed by atoms with Crippen molar-refractivity contribution < 1.29 is 9.47 Å². The summed E-state index contributed by atoms with van der Waals surface area (Å²) in [7, 11) is 3.18. The molecule has 0 fully saturated rings. The third-order valence-electron chi connectivity index (χ3n) is 3.48. The molecule has 0 bridgehead atoms. The summed E-state index contributed by atoms with van der Waals surface area (Å²) in [4.78, 5) is 8.60. The molecule has 0 aliphatic heterocycles. The number of para-hydroxylation sites is 1. The van der Waals surface area contributed by atoms with Gasteiger partial charge in [-0.05, 0) is 18.2 Å². The standard InChI is InChI=1S/C18H15N3O2/c1-4-12-7-5-6-8-14(12)21-18-13-9-16(22-2)17(23-3)10-15(13)19-11-20-18/h1,5-11H,2-3H3,(H,19,20,21). The highest BCUT2D eigenvalue weighted by Crippen LogP contribution is 2.34. The Balaban J connectivity index is 2.13. The molecule has 114 valence electrons. The van der Waals surface area contributed by atoms with E-state index in [1.54, 1.807) is 14.2 Å². The summed E-state index contributed by atoms with van der Waals surface area (Å²) in [5.41, 5.74) is 2.32. The highest BCUT2D eigenvalue weighted by molar-refractivity contribution is 5.93. The number of fused-ring (bicyclic) bond motifs is 1. The second-order valence-electron chi connectivity index (χ2n) is 4.76. The van der Waals surface area contributed by atoms with Crippen molar-refractivity contribution >= 4 is 22.4 Å². The maximum atomic E-state index is 5.54. The van der Waals surface area contributed by atoms with Gasteiger partial charge in [-0.1, -0.05) is 18.1 Å². The van der Waals surface area contributed by atoms with Crippen LogP contribution in [-0.4, -0.2) is 24.2 Å². The van der Waals surface area contributed by atoms with Crippen molar-refractivity contribution in [3.8, 4) is 23.8 Å². The van der Waals surface area contributed by atoms with Gasteiger partial charge >= 0.3 is 0 Å². The van der Waals surface area contributed by atoms with Crippen LogP contribution in [0, 0.1) is 12.3 Å². The Hall–Kier alpha value is -3.26. The number of terminal acetylenes is 1. The van der Waals surface area contributed by atoms with E-state index in [0.29, 0.717) is 17.3 Å². The van der Waals surface area contributed by atoms with Gasteiger partial charge in [0.1, 0.15) is 12.1 Å². The van der Waals surface area contributed by atoms with Crippen LogP contribution in [0.15, 0.2) is 42.7 Å². The molecule has 1 aromatic heterocycles. The highest BCUT2D eigenvalue weighted by Gasteiger charge is 2.11. The van der Waals surface area contributed by atoms with Crippen LogP contribution in [-0.2, 0) is 0 Å². The Morgan fingerprint density at radius 1 is 1.04 bits per heavy atom. The molecule has 23 heavy (non-hydrogen) atoms. The zero-order chi connectivity index (χ0) is 16.2. The third kappa shape index (κ3) is 2.74. The minimum atomic E-state index is 0.614. The summed E-state index contributed by atoms with van der Waals surface area (Å²) in [6.07, 6.45) is 7.04. The van der Waals surface area contributed by atoms with Crippen molar-refractivity contribution in [3.63, 3.8) is 0 Å². The number of nitrogens with zero attached hydrogens (tertiary/aromatic N) is 2. The quantitative estimate of drug-likeness (QED) is 0.749. The molecule has 0 atom stereocenters. The summed E-state index contributed by atoms with van der Waals surface area (Å²) < 4.78 is 10.7. The van der Waals surface area contributed by atoms with Crippen molar-refractivity contribution in [2.24, 2.45) is 0 Å². The molecular weight excluding hydrogens is 290 g/mol. The van der Waals surface area contributed by atoms with E-state index >= 15 is 0 Å². The number of aromatic nitrogens is 2. The summed E-state index contributed by atoms with van der Waals surface area (Å²) in [6.45, 7) is 0. The van der Waals surface area contributed by atoms with Gasteiger partial charge in [-0.25, -0.2) is 9.97 Å². The van der Waals surface area contributed by atoms with Gasteiger partial charge in [0.15, 0.2) is 11.5 Å². The second-order valence-corrected chi connectivity index (χ2v) is 4.76. The van der Waals surface area contributed by atoms with Gasteiger partial charge in [0, 0.05) is 17.0 Å². The van der Waals surface area contributed by atoms with E-state index in [1.807, 2.05) is 36.4 Å². The van der Waals surface area contributed by atoms with Crippen molar-refractivity contribution in [3.05, 3.63) is 48.3 Å². The number of anilines is 2. The molecule has 1 heterocycles. The summed E-state index contributed by atoms with van der Waals surface area (Å²) in [6, 6.07) is 11.2. The molecule has 0 saturated heterocycles. The number of ether oxygens (including phenoxy) is 2. The van der Waals surface area contributed by atoms with Crippen LogP contribution in [0.1, 0.15) is 5.56 Å². The smallest absolute Gasteiger partial charge is 0.162 e. The summed E-state index contributed by atoms with van der Waals surface area (Å²) >= 11 is 0. The molecule has 5 heteroatoms. The van der Waals surface area contributed by atoms with E-state index in [4.69, 9.17) is 15.9 Å². The SMILES string of the molecule is C#Cc1ccccc1Nc1ncnc2cc(OC)c(OC)cc12. The number of hydrogen-bond acceptors (Lipinski definition) is 5. The molecule has 0 spiro atoms. The zero-order valence-corrected chi connectivity index (χ0v) is 12.8. The third-order valence-corrected chi connectivity index (χ3v) is 3.48. The van der Waals surface area contributed by atoms with E-state index in [1.165, 1.54) is 6.33 Å². The van der Waals surface area contributed by atoms with Gasteiger partial charge in [0.25, 0.3) is 0 Å². The summed E-state index contributed by atoms with van der Waals surface area (Å²) in [5, 5.41) is 4.08. The average molecular weight is 305 g/mol. The first-order chi connectivity index (χ1) is 11.3. The van der Waals surface area contributed by atoms with E-state index < -0.39 is 0 Å². The number of benzene rings is 2. The lowest BCUT2D eigenvalue weighted by Gasteiger charge is -2.12. The fourth-order valence-corrected chi connectivity index (χ4v) is 2.33. The Kier molecular flexibility index (Phi) is 3.98. The van der Waals surface area contributed by atoms with Crippen LogP contribution < -0.4 is 14.8 Å². The van der Waals surface area contributed by atoms with Crippen LogP contribution in [0.3, 0.4) is 0 Å². The van der Waals surface area contributed by atoms with Crippen LogP contribution in [0.2, 0.25) is 0 Å². The average Bonchev–Trinajstić information content (AvgIpc) is 2.61. The molecule has 3 aromatic rings. The fraction of sp³-hybridized carbons (Fsp3) is 0.111. The Labute approximate surface area is 134 Å². The van der Waals surface area contributed by atoms with E-state index in [0.717, 1.165) is 22.2 Å². The molecule has 0 saturated carbocycles. The van der Waals surface area contributed by atoms with E-state index in [9.17, 15) is 0 Å². The molecular formula is C18H15N3O2. The van der Waals surface area contributed by atoms with Gasteiger partial charge in [-0.15, -0.1) is 6.42 Å². The monoisotopic (exact) mass is 305 g/mol. The molecule has 0 radical (unpaired) electrons. The minimum Gasteiger partial charge on any atom is -0.493 e. The highest BCUT2D eigenvalue weighted by atomic mass is 16.5. The maximum absolute atomic E-state index is 5.54. The predicted molar refractivity (Wildman–Crippen MR) is 90.3 cm³/mol. The zero-order valence-electron chi connectivity index (χ0n) is 12.8. The topological polar surface area (TPSA) is 56.3 Å². The summed E-state index contributed by atoms with van der Waals surface area (Å²) in [5.74, 6) is 4.54. The van der Waals surface area contributed by atoms with Crippen molar-refractivity contribution in [1.29, 1.82) is 0 Å². The van der Waals surface area contributed by atoms with Crippen LogP contribution in [0.4, 0.5) is 11.5 Å². The van der Waals surface area contributed by atoms with Crippen LogP contribution in [0.5, 0.6) is 11.5 Å². The molecule has 0 unspecified atom stereocenters. The lowest BCUT2D eigenvalue weighted by Crippen LogP contribution is -1.99. The van der Waals surface area contributed by atoms with Gasteiger partial charge in [0.05, 0.1) is 25.4 Å². The first kappa shape index (κ1) is 14.7. The second kappa shape index (κ2) is 6.24. The van der Waals surface area contributed by atoms with Gasteiger partial charge in [-0.2, -0.15) is 0 Å². The molecule has 5 nitrogen and oxygen atoms in total. The molecule has 0 amide bonds. The molecule has 2 aromatic carbocycles. The first-order valence-electron chi connectivity index (χ1n) is 6.96. The van der Waals surface area contributed by atoms with Crippen LogP contribution >= 0.6 is 0 Å². The van der Waals surface area contributed by atoms with Crippen LogP contribution in [0.25, 0.3) is 10.9 Å². The molecule has 0 aliphatic carbocycles. The van der Waals surface area contributed by atoms with Crippen molar-refractivity contribution in [2.75, 3.05) is 19.5 Å². The molecule has 1 N–H and O–H groups in total. The Bertz CT molecular complexity index is 900. The number of methoxy groups -OCH3 is 2. The maximum Gasteiger partial charge on any atom is 0.162 e. The van der Waals surface area contributed by atoms with Crippen molar-refractivity contribution in [2.45, 2.75) is 0 Å². The van der Waals surface area contributed by atoms with Gasteiger partial charge < -0.3 is 14.8 Å². The predicted octanol–water partition coefficient (Wildman–Crippen LogP) is 3.37. The Morgan fingerprint density at radius 2 is 1.78 bits per heavy atom.